The summed E-state index contributed by atoms with van der Waals surface area (Å²) in [6, 6.07) is 15.4. The Morgan fingerprint density at radius 1 is 1.00 bits per heavy atom. The fraction of sp³-hybridized carbons (Fsp3) is 0.519. The zero-order chi connectivity index (χ0) is 21.9. The fourth-order valence-electron chi connectivity index (χ4n) is 5.54. The molecule has 3 aliphatic heterocycles. The fourth-order valence-corrected chi connectivity index (χ4v) is 5.54. The maximum atomic E-state index is 13.4. The van der Waals surface area contributed by atoms with Crippen molar-refractivity contribution in [2.24, 2.45) is 0 Å². The predicted octanol–water partition coefficient (Wildman–Crippen LogP) is 3.84. The highest BCUT2D eigenvalue weighted by Crippen LogP contribution is 2.28. The molecule has 5 rings (SSSR count). The van der Waals surface area contributed by atoms with E-state index in [0.717, 1.165) is 63.3 Å². The minimum atomic E-state index is 0.0342. The van der Waals surface area contributed by atoms with Gasteiger partial charge < -0.3 is 9.64 Å². The molecule has 1 atom stereocenters. The number of benzene rings is 2. The summed E-state index contributed by atoms with van der Waals surface area (Å²) in [5.41, 5.74) is 5.37. The van der Waals surface area contributed by atoms with Gasteiger partial charge in [0.15, 0.2) is 0 Å². The molecule has 0 aliphatic carbocycles. The molecule has 0 aromatic heterocycles. The second-order valence-corrected chi connectivity index (χ2v) is 9.42. The molecule has 0 unspecified atom stereocenters. The van der Waals surface area contributed by atoms with Crippen molar-refractivity contribution in [2.45, 2.75) is 58.3 Å². The predicted molar refractivity (Wildman–Crippen MR) is 127 cm³/mol. The molecule has 2 aromatic rings. The minimum absolute atomic E-state index is 0.0342. The molecule has 0 saturated carbocycles. The van der Waals surface area contributed by atoms with Crippen LogP contribution in [0.4, 0.5) is 0 Å². The molecular formula is C27H35N3O2. The van der Waals surface area contributed by atoms with E-state index in [1.165, 1.54) is 23.1 Å². The van der Waals surface area contributed by atoms with Crippen LogP contribution >= 0.6 is 0 Å². The molecule has 32 heavy (non-hydrogen) atoms. The van der Waals surface area contributed by atoms with E-state index in [1.54, 1.807) is 0 Å². The summed E-state index contributed by atoms with van der Waals surface area (Å²) in [5, 5.41) is 0. The van der Waals surface area contributed by atoms with E-state index in [0.29, 0.717) is 19.7 Å². The number of carbonyl (C=O) groups is 1. The zero-order valence-corrected chi connectivity index (χ0v) is 19.3. The molecule has 0 N–H and O–H groups in total. The van der Waals surface area contributed by atoms with Crippen molar-refractivity contribution in [3.63, 3.8) is 0 Å². The Labute approximate surface area is 191 Å². The molecule has 0 bridgehead atoms. The van der Waals surface area contributed by atoms with E-state index in [2.05, 4.69) is 59.2 Å². The number of nitrogens with zero attached hydrogens (tertiary/aromatic N) is 3. The second kappa shape index (κ2) is 9.63. The maximum absolute atomic E-state index is 13.4. The van der Waals surface area contributed by atoms with E-state index in [1.807, 2.05) is 4.90 Å². The van der Waals surface area contributed by atoms with Crippen LogP contribution in [0.1, 0.15) is 48.4 Å². The quantitative estimate of drug-likeness (QED) is 0.734. The molecule has 3 aliphatic rings. The van der Waals surface area contributed by atoms with Crippen molar-refractivity contribution in [3.8, 4) is 5.75 Å². The third kappa shape index (κ3) is 4.55. The molecule has 1 fully saturated rings. The van der Waals surface area contributed by atoms with Gasteiger partial charge >= 0.3 is 0 Å². The van der Waals surface area contributed by atoms with Crippen molar-refractivity contribution in [1.82, 2.24) is 14.7 Å². The molecular weight excluding hydrogens is 398 g/mol. The number of carbonyl (C=O) groups excluding carboxylic acids is 1. The minimum Gasteiger partial charge on any atom is -0.491 e. The third-order valence-corrected chi connectivity index (χ3v) is 7.34. The SMILES string of the molecule is CCN1CCCC[C@H]1C(=O)N1CCOc2ccc(CN3CCc4ccccc4C3)cc2C1. The Hall–Kier alpha value is -2.37. The van der Waals surface area contributed by atoms with E-state index in [4.69, 9.17) is 4.74 Å². The molecule has 5 nitrogen and oxygen atoms in total. The van der Waals surface area contributed by atoms with Crippen LogP contribution in [0.3, 0.4) is 0 Å². The Morgan fingerprint density at radius 3 is 2.75 bits per heavy atom. The summed E-state index contributed by atoms with van der Waals surface area (Å²) in [6.45, 7) is 9.06. The molecule has 3 heterocycles. The second-order valence-electron chi connectivity index (χ2n) is 9.42. The Bertz CT molecular complexity index is 960. The summed E-state index contributed by atoms with van der Waals surface area (Å²) in [7, 11) is 0. The lowest BCUT2D eigenvalue weighted by molar-refractivity contribution is -0.139. The van der Waals surface area contributed by atoms with E-state index in [-0.39, 0.29) is 11.9 Å². The molecule has 1 amide bonds. The highest BCUT2D eigenvalue weighted by Gasteiger charge is 2.32. The molecule has 0 spiro atoms. The van der Waals surface area contributed by atoms with Gasteiger partial charge in [-0.05, 0) is 61.2 Å². The van der Waals surface area contributed by atoms with Gasteiger partial charge in [0, 0.05) is 31.7 Å². The van der Waals surface area contributed by atoms with Gasteiger partial charge in [-0.15, -0.1) is 0 Å². The van der Waals surface area contributed by atoms with Crippen molar-refractivity contribution in [2.75, 3.05) is 32.8 Å². The monoisotopic (exact) mass is 433 g/mol. The summed E-state index contributed by atoms with van der Waals surface area (Å²) in [5.74, 6) is 1.21. The first-order chi connectivity index (χ1) is 15.7. The third-order valence-electron chi connectivity index (χ3n) is 7.34. The van der Waals surface area contributed by atoms with Crippen LogP contribution in [-0.4, -0.2) is 59.4 Å². The van der Waals surface area contributed by atoms with E-state index < -0.39 is 0 Å². The number of likely N-dealkylation sites (tertiary alicyclic amines) is 1. The molecule has 0 radical (unpaired) electrons. The van der Waals surface area contributed by atoms with Crippen LogP contribution < -0.4 is 4.74 Å². The van der Waals surface area contributed by atoms with Gasteiger partial charge in [-0.3, -0.25) is 14.6 Å². The smallest absolute Gasteiger partial charge is 0.240 e. The number of amides is 1. The van der Waals surface area contributed by atoms with Crippen LogP contribution in [0.5, 0.6) is 5.75 Å². The van der Waals surface area contributed by atoms with Crippen molar-refractivity contribution < 1.29 is 9.53 Å². The lowest BCUT2D eigenvalue weighted by Crippen LogP contribution is -2.51. The highest BCUT2D eigenvalue weighted by atomic mass is 16.5. The van der Waals surface area contributed by atoms with Crippen LogP contribution in [0, 0.1) is 0 Å². The number of hydrogen-bond donors (Lipinski definition) is 0. The van der Waals surface area contributed by atoms with Gasteiger partial charge in [0.05, 0.1) is 12.6 Å². The first kappa shape index (κ1) is 21.5. The average molecular weight is 434 g/mol. The largest absolute Gasteiger partial charge is 0.491 e. The molecule has 2 aromatic carbocycles. The number of ether oxygens (including phenoxy) is 1. The standard InChI is InChI=1S/C27H35N3O2/c1-2-29-13-6-5-9-25(29)27(31)30-15-16-32-26-11-10-21(17-24(26)20-30)18-28-14-12-22-7-3-4-8-23(22)19-28/h3-4,7-8,10-11,17,25H,2,5-6,9,12-16,18-20H2,1H3/t25-/m0/s1. The summed E-state index contributed by atoms with van der Waals surface area (Å²) < 4.78 is 6.04. The van der Waals surface area contributed by atoms with Gasteiger partial charge in [-0.25, -0.2) is 0 Å². The van der Waals surface area contributed by atoms with Crippen molar-refractivity contribution in [3.05, 3.63) is 64.7 Å². The zero-order valence-electron chi connectivity index (χ0n) is 19.3. The normalized spacial score (nSPS) is 21.9. The molecule has 170 valence electrons. The van der Waals surface area contributed by atoms with Crippen LogP contribution in [0.25, 0.3) is 0 Å². The lowest BCUT2D eigenvalue weighted by Gasteiger charge is -2.36. The van der Waals surface area contributed by atoms with Crippen LogP contribution in [0.15, 0.2) is 42.5 Å². The number of hydrogen-bond acceptors (Lipinski definition) is 4. The number of rotatable bonds is 4. The Morgan fingerprint density at radius 2 is 1.88 bits per heavy atom. The van der Waals surface area contributed by atoms with E-state index in [9.17, 15) is 4.79 Å². The van der Waals surface area contributed by atoms with Gasteiger partial charge in [0.25, 0.3) is 0 Å². The first-order valence-corrected chi connectivity index (χ1v) is 12.3. The number of likely N-dealkylation sites (N-methyl/N-ethyl adjacent to an activating group) is 1. The molecule has 5 heteroatoms. The summed E-state index contributed by atoms with van der Waals surface area (Å²) in [6.07, 6.45) is 4.44. The highest BCUT2D eigenvalue weighted by molar-refractivity contribution is 5.82. The van der Waals surface area contributed by atoms with Gasteiger partial charge in [-0.2, -0.15) is 0 Å². The van der Waals surface area contributed by atoms with E-state index >= 15 is 0 Å². The Balaban J connectivity index is 1.29. The van der Waals surface area contributed by atoms with Crippen molar-refractivity contribution >= 4 is 5.91 Å². The van der Waals surface area contributed by atoms with Crippen LogP contribution in [-0.2, 0) is 30.8 Å². The van der Waals surface area contributed by atoms with Gasteiger partial charge in [-0.1, -0.05) is 43.7 Å². The van der Waals surface area contributed by atoms with Crippen LogP contribution in [0.2, 0.25) is 0 Å². The lowest BCUT2D eigenvalue weighted by atomic mass is 9.99. The van der Waals surface area contributed by atoms with Gasteiger partial charge in [0.2, 0.25) is 5.91 Å². The summed E-state index contributed by atoms with van der Waals surface area (Å²) in [4.78, 5) is 20.3. The summed E-state index contributed by atoms with van der Waals surface area (Å²) >= 11 is 0. The maximum Gasteiger partial charge on any atom is 0.240 e. The molecule has 1 saturated heterocycles. The first-order valence-electron chi connectivity index (χ1n) is 12.3. The van der Waals surface area contributed by atoms with Crippen molar-refractivity contribution in [1.29, 1.82) is 0 Å². The Kier molecular flexibility index (Phi) is 6.47. The number of fused-ring (bicyclic) bond motifs is 2. The average Bonchev–Trinajstić information content (AvgIpc) is 3.05. The van der Waals surface area contributed by atoms with Gasteiger partial charge in [0.1, 0.15) is 12.4 Å². The number of piperidine rings is 1. The topological polar surface area (TPSA) is 36.0 Å².